The van der Waals surface area contributed by atoms with Crippen LogP contribution in [0, 0.1) is 0 Å². The Bertz CT molecular complexity index is 2010. The fourth-order valence-electron chi connectivity index (χ4n) is 4.26. The van der Waals surface area contributed by atoms with E-state index in [0.717, 1.165) is 10.0 Å². The Morgan fingerprint density at radius 3 is 2.37 bits per heavy atom. The van der Waals surface area contributed by atoms with Crippen molar-refractivity contribution >= 4 is 54.3 Å². The molecule has 0 fully saturated rings. The molecule has 0 saturated heterocycles. The Hall–Kier alpha value is -3.72. The van der Waals surface area contributed by atoms with Gasteiger partial charge in [0.05, 0.1) is 35.7 Å². The molecule has 0 amide bonds. The van der Waals surface area contributed by atoms with Gasteiger partial charge in [0.1, 0.15) is 5.65 Å². The molecule has 0 atom stereocenters. The van der Waals surface area contributed by atoms with Crippen molar-refractivity contribution in [1.82, 2.24) is 18.9 Å². The van der Waals surface area contributed by atoms with Crippen LogP contribution in [0.1, 0.15) is 11.3 Å². The van der Waals surface area contributed by atoms with E-state index in [1.165, 1.54) is 48.6 Å². The molecule has 41 heavy (non-hydrogen) atoms. The van der Waals surface area contributed by atoms with Gasteiger partial charge in [0.2, 0.25) is 10.0 Å². The molecule has 14 heteroatoms. The van der Waals surface area contributed by atoms with E-state index in [1.807, 2.05) is 0 Å². The lowest BCUT2D eigenvalue weighted by atomic mass is 10.1. The summed E-state index contributed by atoms with van der Waals surface area (Å²) in [6.45, 7) is 0.259. The van der Waals surface area contributed by atoms with Gasteiger partial charge in [-0.1, -0.05) is 23.9 Å². The zero-order valence-electron chi connectivity index (χ0n) is 21.9. The summed E-state index contributed by atoms with van der Waals surface area (Å²) in [6.07, 6.45) is 2.07. The highest BCUT2D eigenvalue weighted by Crippen LogP contribution is 2.31. The number of methoxy groups -OCH3 is 2. The van der Waals surface area contributed by atoms with Crippen LogP contribution in [0.3, 0.4) is 0 Å². The summed E-state index contributed by atoms with van der Waals surface area (Å²) in [5, 5.41) is 5.98. The third kappa shape index (κ3) is 6.15. The van der Waals surface area contributed by atoms with Crippen LogP contribution >= 0.6 is 27.7 Å². The maximum Gasteiger partial charge on any atom is 0.262 e. The van der Waals surface area contributed by atoms with E-state index in [1.54, 1.807) is 47.2 Å². The fraction of sp³-hybridized carbons (Fsp3) is 0.185. The lowest BCUT2D eigenvalue weighted by Crippen LogP contribution is -2.24. The second-order valence-corrected chi connectivity index (χ2v) is 12.4. The maximum absolute atomic E-state index is 13.7. The second kappa shape index (κ2) is 11.6. The summed E-state index contributed by atoms with van der Waals surface area (Å²) < 4.78 is 37.8. The number of nitrogens with two attached hydrogens (primary N) is 1. The molecule has 11 nitrogen and oxygen atoms in total. The zero-order valence-corrected chi connectivity index (χ0v) is 25.1. The number of hydrogen-bond donors (Lipinski definition) is 1. The number of benzene rings is 2. The summed E-state index contributed by atoms with van der Waals surface area (Å²) >= 11 is 4.64. The molecule has 0 spiro atoms. The molecule has 0 unspecified atom stereocenters. The number of rotatable bonds is 9. The number of nitrogens with zero attached hydrogens (tertiary/aromatic N) is 4. The van der Waals surface area contributed by atoms with E-state index in [9.17, 15) is 18.0 Å². The van der Waals surface area contributed by atoms with Crippen LogP contribution in [0.5, 0.6) is 11.5 Å². The minimum atomic E-state index is -3.81. The van der Waals surface area contributed by atoms with Gasteiger partial charge in [0, 0.05) is 35.1 Å². The van der Waals surface area contributed by atoms with Gasteiger partial charge in [0.15, 0.2) is 16.7 Å². The second-order valence-electron chi connectivity index (χ2n) is 8.96. The van der Waals surface area contributed by atoms with Gasteiger partial charge < -0.3 is 9.47 Å². The van der Waals surface area contributed by atoms with Crippen LogP contribution in [-0.4, -0.2) is 41.6 Å². The SMILES string of the molecule is COc1cc2nc(SCc3cc(=O)n4cc(Br)ccc4n3)n(CCc3ccc(S(N)(=O)=O)cc3)c(=O)c2cc1OC. The third-order valence-corrected chi connectivity index (χ3v) is 8.73. The van der Waals surface area contributed by atoms with Crippen LogP contribution < -0.4 is 25.7 Å². The van der Waals surface area contributed by atoms with E-state index in [2.05, 4.69) is 20.9 Å². The predicted octanol–water partition coefficient (Wildman–Crippen LogP) is 3.37. The molecule has 3 aromatic heterocycles. The number of fused-ring (bicyclic) bond motifs is 2. The lowest BCUT2D eigenvalue weighted by Gasteiger charge is -2.15. The van der Waals surface area contributed by atoms with E-state index >= 15 is 0 Å². The number of primary sulfonamides is 1. The zero-order chi connectivity index (χ0) is 29.3. The molecule has 0 aliphatic heterocycles. The van der Waals surface area contributed by atoms with E-state index < -0.39 is 10.0 Å². The van der Waals surface area contributed by atoms with Crippen molar-refractivity contribution in [2.75, 3.05) is 14.2 Å². The lowest BCUT2D eigenvalue weighted by molar-refractivity contribution is 0.355. The molecule has 3 heterocycles. The fourth-order valence-corrected chi connectivity index (χ4v) is 6.03. The van der Waals surface area contributed by atoms with Gasteiger partial charge >= 0.3 is 0 Å². The van der Waals surface area contributed by atoms with Crippen LogP contribution in [0.25, 0.3) is 16.6 Å². The van der Waals surface area contributed by atoms with Crippen LogP contribution in [0.15, 0.2) is 84.9 Å². The highest BCUT2D eigenvalue weighted by atomic mass is 79.9. The number of thioether (sulfide) groups is 1. The molecule has 212 valence electrons. The highest BCUT2D eigenvalue weighted by molar-refractivity contribution is 9.10. The number of aryl methyl sites for hydroxylation is 1. The maximum atomic E-state index is 13.7. The minimum Gasteiger partial charge on any atom is -0.493 e. The molecule has 5 aromatic rings. The minimum absolute atomic E-state index is 0.00854. The highest BCUT2D eigenvalue weighted by Gasteiger charge is 2.17. The topological polar surface area (TPSA) is 148 Å². The van der Waals surface area contributed by atoms with Gasteiger partial charge in [-0.2, -0.15) is 0 Å². The average Bonchev–Trinajstić information content (AvgIpc) is 2.95. The first-order valence-corrected chi connectivity index (χ1v) is 15.5. The average molecular weight is 659 g/mol. The molecule has 0 saturated carbocycles. The van der Waals surface area contributed by atoms with E-state index in [4.69, 9.17) is 19.6 Å². The van der Waals surface area contributed by atoms with Crippen molar-refractivity contribution in [3.8, 4) is 11.5 Å². The number of sulfonamides is 1. The summed E-state index contributed by atoms with van der Waals surface area (Å²) in [5.41, 5.74) is 1.77. The number of hydrogen-bond acceptors (Lipinski definition) is 9. The molecular weight excluding hydrogens is 634 g/mol. The molecule has 5 rings (SSSR count). The molecule has 0 radical (unpaired) electrons. The smallest absolute Gasteiger partial charge is 0.262 e. The van der Waals surface area contributed by atoms with Crippen LogP contribution in [-0.2, 0) is 28.7 Å². The molecule has 0 bridgehead atoms. The van der Waals surface area contributed by atoms with Gasteiger partial charge in [-0.25, -0.2) is 23.5 Å². The summed E-state index contributed by atoms with van der Waals surface area (Å²) in [5.74, 6) is 1.12. The number of pyridine rings is 1. The van der Waals surface area contributed by atoms with Crippen LogP contribution in [0.4, 0.5) is 0 Å². The first-order chi connectivity index (χ1) is 19.6. The third-order valence-electron chi connectivity index (χ3n) is 6.33. The number of halogens is 1. The predicted molar refractivity (Wildman–Crippen MR) is 159 cm³/mol. The van der Waals surface area contributed by atoms with Crippen LogP contribution in [0.2, 0.25) is 0 Å². The number of ether oxygens (including phenoxy) is 2. The van der Waals surface area contributed by atoms with Crippen molar-refractivity contribution in [1.29, 1.82) is 0 Å². The number of aromatic nitrogens is 4. The van der Waals surface area contributed by atoms with Crippen molar-refractivity contribution in [3.63, 3.8) is 0 Å². The molecule has 0 aliphatic rings. The Balaban J connectivity index is 1.52. The van der Waals surface area contributed by atoms with Gasteiger partial charge in [0.25, 0.3) is 11.1 Å². The summed E-state index contributed by atoms with van der Waals surface area (Å²) in [4.78, 5) is 35.8. The Morgan fingerprint density at radius 2 is 1.68 bits per heavy atom. The standard InChI is InChI=1S/C27H24BrN5O6S2/c1-38-22-12-20-21(13-23(22)39-2)31-27(40-15-18-11-25(34)33-14-17(28)5-8-24(33)30-18)32(26(20)35)10-9-16-3-6-19(7-4-16)41(29,36)37/h3-8,11-14H,9-10,15H2,1-2H3,(H2,29,36,37). The van der Waals surface area contributed by atoms with Gasteiger partial charge in [-0.15, -0.1) is 0 Å². The molecule has 2 aromatic carbocycles. The normalized spacial score (nSPS) is 11.7. The van der Waals surface area contributed by atoms with Gasteiger partial charge in [-0.05, 0) is 58.2 Å². The quantitative estimate of drug-likeness (QED) is 0.186. The van der Waals surface area contributed by atoms with E-state index in [-0.39, 0.29) is 28.3 Å². The largest absolute Gasteiger partial charge is 0.493 e. The molecular formula is C27H24BrN5O6S2. The Labute approximate surface area is 247 Å². The summed E-state index contributed by atoms with van der Waals surface area (Å²) in [6, 6.07) is 14.4. The Kier molecular flexibility index (Phi) is 8.18. The molecule has 2 N–H and O–H groups in total. The monoisotopic (exact) mass is 657 g/mol. The van der Waals surface area contributed by atoms with Crippen molar-refractivity contribution in [2.45, 2.75) is 28.8 Å². The first-order valence-electron chi connectivity index (χ1n) is 12.2. The van der Waals surface area contributed by atoms with Crippen molar-refractivity contribution in [3.05, 3.63) is 97.2 Å². The molecule has 0 aliphatic carbocycles. The van der Waals surface area contributed by atoms with Gasteiger partial charge in [-0.3, -0.25) is 18.6 Å². The Morgan fingerprint density at radius 1 is 0.976 bits per heavy atom. The van der Waals surface area contributed by atoms with E-state index in [0.29, 0.717) is 45.3 Å². The van der Waals surface area contributed by atoms with Crippen molar-refractivity contribution < 1.29 is 17.9 Å². The summed E-state index contributed by atoms with van der Waals surface area (Å²) in [7, 11) is -0.819. The van der Waals surface area contributed by atoms with Crippen molar-refractivity contribution in [2.24, 2.45) is 5.14 Å². The first kappa shape index (κ1) is 28.8.